The number of aromatic nitrogens is 3. The largest absolute Gasteiger partial charge is 0.465 e. The van der Waals surface area contributed by atoms with E-state index in [4.69, 9.17) is 4.74 Å². The molecule has 8 nitrogen and oxygen atoms in total. The zero-order valence-electron chi connectivity index (χ0n) is 16.3. The number of hydrogen-bond donors (Lipinski definition) is 1. The fourth-order valence-electron chi connectivity index (χ4n) is 2.93. The van der Waals surface area contributed by atoms with Gasteiger partial charge < -0.3 is 10.1 Å². The Bertz CT molecular complexity index is 1120. The second-order valence-corrected chi connectivity index (χ2v) is 6.21. The number of rotatable bonds is 6. The molecule has 0 fully saturated rings. The number of esters is 1. The van der Waals surface area contributed by atoms with E-state index in [1.165, 1.54) is 18.7 Å². The number of pyridine rings is 1. The number of aryl methyl sites for hydroxylation is 1. The fraction of sp³-hybridized carbons (Fsp3) is 0.190. The second-order valence-electron chi connectivity index (χ2n) is 6.21. The molecule has 1 aromatic carbocycles. The summed E-state index contributed by atoms with van der Waals surface area (Å²) in [6.07, 6.45) is 3.20. The van der Waals surface area contributed by atoms with Gasteiger partial charge in [0.25, 0.3) is 5.56 Å². The van der Waals surface area contributed by atoms with Gasteiger partial charge in [0.2, 0.25) is 0 Å². The van der Waals surface area contributed by atoms with Crippen molar-refractivity contribution < 1.29 is 14.3 Å². The van der Waals surface area contributed by atoms with Crippen LogP contribution in [0.25, 0.3) is 11.3 Å². The highest BCUT2D eigenvalue weighted by Crippen LogP contribution is 2.27. The fourth-order valence-corrected chi connectivity index (χ4v) is 2.93. The Hall–Kier alpha value is -3.81. The quantitative estimate of drug-likeness (QED) is 0.508. The number of anilines is 2. The normalized spacial score (nSPS) is 10.4. The molecule has 29 heavy (non-hydrogen) atoms. The van der Waals surface area contributed by atoms with Crippen molar-refractivity contribution in [1.82, 2.24) is 14.8 Å². The molecule has 0 atom stereocenters. The van der Waals surface area contributed by atoms with Crippen LogP contribution in [0.5, 0.6) is 0 Å². The Kier molecular flexibility index (Phi) is 5.82. The van der Waals surface area contributed by atoms with Crippen LogP contribution in [0.1, 0.15) is 34.6 Å². The van der Waals surface area contributed by atoms with Crippen LogP contribution in [-0.2, 0) is 11.3 Å². The lowest BCUT2D eigenvalue weighted by atomic mass is 10.0. The SMILES string of the molecule is CCn1nc(-c2cccnc2)c(C(C)=O)c(Nc2cccc(C(=O)OC)c2)c1=O. The summed E-state index contributed by atoms with van der Waals surface area (Å²) in [6, 6.07) is 10.00. The van der Waals surface area contributed by atoms with Crippen LogP contribution in [0.2, 0.25) is 0 Å². The lowest BCUT2D eigenvalue weighted by Gasteiger charge is -2.16. The molecule has 0 bridgehead atoms. The highest BCUT2D eigenvalue weighted by Gasteiger charge is 2.22. The van der Waals surface area contributed by atoms with Crippen molar-refractivity contribution in [3.05, 3.63) is 70.3 Å². The molecule has 2 heterocycles. The van der Waals surface area contributed by atoms with Gasteiger partial charge in [-0.25, -0.2) is 9.48 Å². The molecule has 0 aliphatic heterocycles. The van der Waals surface area contributed by atoms with Crippen molar-refractivity contribution >= 4 is 23.1 Å². The molecule has 0 unspecified atom stereocenters. The summed E-state index contributed by atoms with van der Waals surface area (Å²) in [4.78, 5) is 41.4. The number of hydrogen-bond acceptors (Lipinski definition) is 7. The van der Waals surface area contributed by atoms with E-state index in [2.05, 4.69) is 15.4 Å². The summed E-state index contributed by atoms with van der Waals surface area (Å²) in [6.45, 7) is 3.49. The summed E-state index contributed by atoms with van der Waals surface area (Å²) in [5.41, 5.74) is 1.59. The second kappa shape index (κ2) is 8.47. The molecule has 0 saturated carbocycles. The number of carbonyl (C=O) groups excluding carboxylic acids is 2. The first kappa shape index (κ1) is 19.9. The first-order chi connectivity index (χ1) is 14.0. The van der Waals surface area contributed by atoms with Crippen LogP contribution in [0.3, 0.4) is 0 Å². The topological polar surface area (TPSA) is 103 Å². The van der Waals surface area contributed by atoms with Gasteiger partial charge in [-0.15, -0.1) is 0 Å². The number of carbonyl (C=O) groups is 2. The molecule has 1 N–H and O–H groups in total. The molecule has 0 aliphatic rings. The minimum atomic E-state index is -0.503. The zero-order chi connectivity index (χ0) is 21.0. The van der Waals surface area contributed by atoms with Crippen molar-refractivity contribution in [1.29, 1.82) is 0 Å². The Morgan fingerprint density at radius 3 is 2.62 bits per heavy atom. The number of ether oxygens (including phenoxy) is 1. The molecule has 0 amide bonds. The van der Waals surface area contributed by atoms with E-state index < -0.39 is 11.5 Å². The third-order valence-electron chi connectivity index (χ3n) is 4.30. The van der Waals surface area contributed by atoms with E-state index in [1.807, 2.05) is 0 Å². The minimum Gasteiger partial charge on any atom is -0.465 e. The summed E-state index contributed by atoms with van der Waals surface area (Å²) >= 11 is 0. The van der Waals surface area contributed by atoms with Crippen LogP contribution in [0, 0.1) is 0 Å². The van der Waals surface area contributed by atoms with Gasteiger partial charge in [0.15, 0.2) is 5.78 Å². The number of ketones is 1. The molecule has 3 aromatic rings. The standard InChI is InChI=1S/C21H20N4O4/c1-4-25-20(27)19(23-16-9-5-7-14(11-16)21(28)29-3)17(13(2)26)18(24-25)15-8-6-10-22-12-15/h5-12,23H,4H2,1-3H3. The highest BCUT2D eigenvalue weighted by atomic mass is 16.5. The monoisotopic (exact) mass is 392 g/mol. The average molecular weight is 392 g/mol. The number of nitrogens with zero attached hydrogens (tertiary/aromatic N) is 3. The Labute approximate surface area is 167 Å². The molecular formula is C21H20N4O4. The van der Waals surface area contributed by atoms with Crippen LogP contribution in [0.15, 0.2) is 53.6 Å². The minimum absolute atomic E-state index is 0.0928. The first-order valence-electron chi connectivity index (χ1n) is 8.98. The molecule has 2 aromatic heterocycles. The third-order valence-corrected chi connectivity index (χ3v) is 4.30. The molecule has 0 radical (unpaired) electrons. The van der Waals surface area contributed by atoms with E-state index in [0.717, 1.165) is 0 Å². The Morgan fingerprint density at radius 1 is 1.21 bits per heavy atom. The molecule has 0 aliphatic carbocycles. The number of Topliss-reactive ketones (excluding diaryl/α,β-unsaturated/α-hetero) is 1. The van der Waals surface area contributed by atoms with Crippen LogP contribution in [-0.4, -0.2) is 33.6 Å². The van der Waals surface area contributed by atoms with Gasteiger partial charge in [0.05, 0.1) is 18.2 Å². The van der Waals surface area contributed by atoms with Gasteiger partial charge in [-0.1, -0.05) is 6.07 Å². The number of nitrogens with one attached hydrogen (secondary N) is 1. The van der Waals surface area contributed by atoms with Crippen LogP contribution < -0.4 is 10.9 Å². The molecule has 148 valence electrons. The number of benzene rings is 1. The lowest BCUT2D eigenvalue weighted by molar-refractivity contribution is 0.0600. The van der Waals surface area contributed by atoms with Crippen molar-refractivity contribution in [3.63, 3.8) is 0 Å². The summed E-state index contributed by atoms with van der Waals surface area (Å²) in [5.74, 6) is -0.819. The van der Waals surface area contributed by atoms with Crippen LogP contribution in [0.4, 0.5) is 11.4 Å². The summed E-state index contributed by atoms with van der Waals surface area (Å²) < 4.78 is 6.02. The van der Waals surface area contributed by atoms with Gasteiger partial charge in [-0.2, -0.15) is 5.10 Å². The van der Waals surface area contributed by atoms with E-state index in [0.29, 0.717) is 29.1 Å². The average Bonchev–Trinajstić information content (AvgIpc) is 2.74. The Morgan fingerprint density at radius 2 is 2.00 bits per heavy atom. The van der Waals surface area contributed by atoms with E-state index >= 15 is 0 Å². The van der Waals surface area contributed by atoms with Crippen molar-refractivity contribution in [2.24, 2.45) is 0 Å². The van der Waals surface area contributed by atoms with Gasteiger partial charge >= 0.3 is 5.97 Å². The van der Waals surface area contributed by atoms with Crippen molar-refractivity contribution in [3.8, 4) is 11.3 Å². The third kappa shape index (κ3) is 4.06. The Balaban J connectivity index is 2.21. The predicted molar refractivity (Wildman–Crippen MR) is 108 cm³/mol. The van der Waals surface area contributed by atoms with Gasteiger partial charge in [-0.3, -0.25) is 14.6 Å². The predicted octanol–water partition coefficient (Wildman–Crippen LogP) is 3.06. The van der Waals surface area contributed by atoms with E-state index in [9.17, 15) is 14.4 Å². The molecule has 0 spiro atoms. The highest BCUT2D eigenvalue weighted by molar-refractivity contribution is 6.05. The van der Waals surface area contributed by atoms with Gasteiger partial charge in [0, 0.05) is 30.2 Å². The van der Waals surface area contributed by atoms with E-state index in [-0.39, 0.29) is 17.0 Å². The summed E-state index contributed by atoms with van der Waals surface area (Å²) in [7, 11) is 1.29. The molecular weight excluding hydrogens is 372 g/mol. The van der Waals surface area contributed by atoms with E-state index in [1.54, 1.807) is 55.7 Å². The van der Waals surface area contributed by atoms with Gasteiger partial charge in [-0.05, 0) is 44.2 Å². The molecule has 3 rings (SSSR count). The first-order valence-corrected chi connectivity index (χ1v) is 8.98. The van der Waals surface area contributed by atoms with Crippen molar-refractivity contribution in [2.45, 2.75) is 20.4 Å². The summed E-state index contributed by atoms with van der Waals surface area (Å²) in [5, 5.41) is 7.38. The molecule has 8 heteroatoms. The number of methoxy groups -OCH3 is 1. The smallest absolute Gasteiger partial charge is 0.337 e. The molecule has 0 saturated heterocycles. The van der Waals surface area contributed by atoms with Gasteiger partial charge in [0.1, 0.15) is 11.4 Å². The zero-order valence-corrected chi connectivity index (χ0v) is 16.3. The maximum Gasteiger partial charge on any atom is 0.337 e. The van der Waals surface area contributed by atoms with Crippen LogP contribution >= 0.6 is 0 Å². The maximum atomic E-state index is 13.0. The lowest BCUT2D eigenvalue weighted by Crippen LogP contribution is -2.28. The van der Waals surface area contributed by atoms with Crippen molar-refractivity contribution in [2.75, 3.05) is 12.4 Å². The maximum absolute atomic E-state index is 13.0.